The largest absolute Gasteiger partial charge is 0.333 e. The van der Waals surface area contributed by atoms with E-state index in [0.29, 0.717) is 10.6 Å². The van der Waals surface area contributed by atoms with Crippen LogP contribution in [0, 0.1) is 0 Å². The number of fused-ring (bicyclic) bond motifs is 1. The second-order valence-corrected chi connectivity index (χ2v) is 4.02. The van der Waals surface area contributed by atoms with Crippen molar-refractivity contribution in [3.8, 4) is 11.5 Å². The van der Waals surface area contributed by atoms with Gasteiger partial charge >= 0.3 is 0 Å². The normalized spacial score (nSPS) is 10.8. The summed E-state index contributed by atoms with van der Waals surface area (Å²) in [5.41, 5.74) is 0.900. The fourth-order valence-electron chi connectivity index (χ4n) is 1.54. The zero-order valence-corrected chi connectivity index (χ0v) is 9.68. The third-order valence-corrected chi connectivity index (χ3v) is 2.61. The summed E-state index contributed by atoms with van der Waals surface area (Å²) in [6, 6.07) is 7.86. The van der Waals surface area contributed by atoms with E-state index in [1.807, 2.05) is 30.5 Å². The average molecular weight is 276 g/mol. The Bertz CT molecular complexity index is 650. The average Bonchev–Trinajstić information content (AvgIpc) is 2.75. The molecule has 78 valence electrons. The molecular weight excluding hydrogens is 270 g/mol. The lowest BCUT2D eigenvalue weighted by atomic mass is 10.1. The molecule has 0 spiro atoms. The van der Waals surface area contributed by atoms with Crippen molar-refractivity contribution in [3.63, 3.8) is 0 Å². The van der Waals surface area contributed by atoms with Gasteiger partial charge in [-0.2, -0.15) is 4.98 Å². The van der Waals surface area contributed by atoms with Crippen LogP contribution < -0.4 is 0 Å². The topological polar surface area (TPSA) is 51.8 Å². The first-order valence-corrected chi connectivity index (χ1v) is 5.45. The smallest absolute Gasteiger partial charge is 0.258 e. The number of hydrogen-bond acceptors (Lipinski definition) is 4. The van der Waals surface area contributed by atoms with Gasteiger partial charge in [-0.15, -0.1) is 0 Å². The highest BCUT2D eigenvalue weighted by molar-refractivity contribution is 9.10. The maximum absolute atomic E-state index is 5.08. The minimum absolute atomic E-state index is 0.456. The molecule has 0 unspecified atom stereocenters. The summed E-state index contributed by atoms with van der Waals surface area (Å²) in [5.74, 6) is 0.505. The molecule has 0 amide bonds. The second kappa shape index (κ2) is 3.68. The Morgan fingerprint density at radius 2 is 2.06 bits per heavy atom. The molecule has 16 heavy (non-hydrogen) atoms. The summed E-state index contributed by atoms with van der Waals surface area (Å²) in [6.07, 6.45) is 3.58. The summed E-state index contributed by atoms with van der Waals surface area (Å²) in [5, 5.41) is 5.88. The molecule has 5 heteroatoms. The van der Waals surface area contributed by atoms with E-state index in [2.05, 4.69) is 31.1 Å². The Morgan fingerprint density at radius 1 is 1.12 bits per heavy atom. The molecule has 1 aromatic carbocycles. The Labute approximate surface area is 99.4 Å². The van der Waals surface area contributed by atoms with Crippen molar-refractivity contribution in [2.75, 3.05) is 0 Å². The zero-order chi connectivity index (χ0) is 11.0. The highest BCUT2D eigenvalue weighted by atomic mass is 79.9. The van der Waals surface area contributed by atoms with Crippen LogP contribution in [0.15, 0.2) is 45.9 Å². The summed E-state index contributed by atoms with van der Waals surface area (Å²) in [6.45, 7) is 0. The minimum atomic E-state index is 0.456. The maximum Gasteiger partial charge on any atom is 0.258 e. The van der Waals surface area contributed by atoms with Crippen LogP contribution in [0.4, 0.5) is 0 Å². The van der Waals surface area contributed by atoms with E-state index >= 15 is 0 Å². The quantitative estimate of drug-likeness (QED) is 0.685. The molecule has 3 rings (SSSR count). The predicted octanol–water partition coefficient (Wildman–Crippen LogP) is 3.05. The van der Waals surface area contributed by atoms with E-state index in [1.165, 1.54) is 0 Å². The summed E-state index contributed by atoms with van der Waals surface area (Å²) >= 11 is 3.15. The van der Waals surface area contributed by atoms with Crippen LogP contribution in [0.3, 0.4) is 0 Å². The molecule has 0 aliphatic carbocycles. The lowest BCUT2D eigenvalue weighted by Crippen LogP contribution is -1.79. The van der Waals surface area contributed by atoms with Crippen molar-refractivity contribution < 1.29 is 4.52 Å². The van der Waals surface area contributed by atoms with Gasteiger partial charge in [0, 0.05) is 23.3 Å². The first-order chi connectivity index (χ1) is 7.83. The molecule has 0 aliphatic rings. The third kappa shape index (κ3) is 1.59. The van der Waals surface area contributed by atoms with Gasteiger partial charge < -0.3 is 4.52 Å². The lowest BCUT2D eigenvalue weighted by molar-refractivity contribution is 0.426. The molecule has 0 bridgehead atoms. The van der Waals surface area contributed by atoms with Gasteiger partial charge in [-0.25, -0.2) is 0 Å². The van der Waals surface area contributed by atoms with Crippen LogP contribution in [-0.4, -0.2) is 15.1 Å². The van der Waals surface area contributed by atoms with Gasteiger partial charge in [-0.1, -0.05) is 6.07 Å². The SMILES string of the molecule is Brc1noc(-c2ccc3cnccc3c2)n1. The van der Waals surface area contributed by atoms with Gasteiger partial charge in [0.15, 0.2) is 0 Å². The Kier molecular flexibility index (Phi) is 2.18. The van der Waals surface area contributed by atoms with Crippen LogP contribution in [0.5, 0.6) is 0 Å². The van der Waals surface area contributed by atoms with Crippen LogP contribution in [0.2, 0.25) is 0 Å². The minimum Gasteiger partial charge on any atom is -0.333 e. The number of halogens is 1. The van der Waals surface area contributed by atoms with Crippen molar-refractivity contribution in [1.29, 1.82) is 0 Å². The molecule has 0 atom stereocenters. The molecular formula is C11H6BrN3O. The van der Waals surface area contributed by atoms with Gasteiger partial charge in [-0.05, 0) is 44.7 Å². The van der Waals surface area contributed by atoms with Gasteiger partial charge in [0.05, 0.1) is 0 Å². The molecule has 0 N–H and O–H groups in total. The molecule has 0 radical (unpaired) electrons. The predicted molar refractivity (Wildman–Crippen MR) is 62.7 cm³/mol. The van der Waals surface area contributed by atoms with Crippen molar-refractivity contribution in [3.05, 3.63) is 41.4 Å². The Balaban J connectivity index is 2.18. The molecule has 4 nitrogen and oxygen atoms in total. The van der Waals surface area contributed by atoms with Crippen LogP contribution in [0.1, 0.15) is 0 Å². The standard InChI is InChI=1S/C11H6BrN3O/c12-11-14-10(16-15-11)8-1-2-9-6-13-4-3-7(9)5-8/h1-6H. The summed E-state index contributed by atoms with van der Waals surface area (Å²) in [4.78, 5) is 8.17. The van der Waals surface area contributed by atoms with Crippen LogP contribution in [-0.2, 0) is 0 Å². The number of aromatic nitrogens is 3. The van der Waals surface area contributed by atoms with E-state index in [4.69, 9.17) is 4.52 Å². The number of rotatable bonds is 1. The number of nitrogens with zero attached hydrogens (tertiary/aromatic N) is 3. The highest BCUT2D eigenvalue weighted by Crippen LogP contribution is 2.23. The third-order valence-electron chi connectivity index (χ3n) is 2.29. The number of benzene rings is 1. The molecule has 3 aromatic rings. The van der Waals surface area contributed by atoms with Crippen molar-refractivity contribution in [1.82, 2.24) is 15.1 Å². The van der Waals surface area contributed by atoms with E-state index in [1.54, 1.807) is 6.20 Å². The summed E-state index contributed by atoms with van der Waals surface area (Å²) < 4.78 is 5.53. The number of hydrogen-bond donors (Lipinski definition) is 0. The fraction of sp³-hybridized carbons (Fsp3) is 0. The van der Waals surface area contributed by atoms with E-state index in [-0.39, 0.29) is 0 Å². The monoisotopic (exact) mass is 275 g/mol. The Morgan fingerprint density at radius 3 is 2.88 bits per heavy atom. The first-order valence-electron chi connectivity index (χ1n) is 4.66. The van der Waals surface area contributed by atoms with E-state index in [0.717, 1.165) is 16.3 Å². The fourth-order valence-corrected chi connectivity index (χ4v) is 1.77. The highest BCUT2D eigenvalue weighted by Gasteiger charge is 2.07. The van der Waals surface area contributed by atoms with E-state index in [9.17, 15) is 0 Å². The lowest BCUT2D eigenvalue weighted by Gasteiger charge is -1.98. The first kappa shape index (κ1) is 9.47. The molecule has 0 fully saturated rings. The maximum atomic E-state index is 5.08. The van der Waals surface area contributed by atoms with E-state index < -0.39 is 0 Å². The molecule has 2 heterocycles. The molecule has 0 saturated heterocycles. The van der Waals surface area contributed by atoms with Crippen LogP contribution in [0.25, 0.3) is 22.2 Å². The van der Waals surface area contributed by atoms with Gasteiger partial charge in [0.2, 0.25) is 4.73 Å². The number of pyridine rings is 1. The molecule has 2 aromatic heterocycles. The zero-order valence-electron chi connectivity index (χ0n) is 8.09. The second-order valence-electron chi connectivity index (χ2n) is 3.31. The van der Waals surface area contributed by atoms with Crippen LogP contribution >= 0.6 is 15.9 Å². The van der Waals surface area contributed by atoms with Crippen molar-refractivity contribution in [2.45, 2.75) is 0 Å². The van der Waals surface area contributed by atoms with Crippen molar-refractivity contribution in [2.24, 2.45) is 0 Å². The molecule has 0 saturated carbocycles. The Hall–Kier alpha value is -1.75. The van der Waals surface area contributed by atoms with Crippen molar-refractivity contribution >= 4 is 26.7 Å². The molecule has 0 aliphatic heterocycles. The van der Waals surface area contributed by atoms with Gasteiger partial charge in [0.1, 0.15) is 0 Å². The van der Waals surface area contributed by atoms with Gasteiger partial charge in [0.25, 0.3) is 5.89 Å². The summed E-state index contributed by atoms with van der Waals surface area (Å²) in [7, 11) is 0. The van der Waals surface area contributed by atoms with Gasteiger partial charge in [-0.3, -0.25) is 4.98 Å².